The zero-order valence-electron chi connectivity index (χ0n) is 12.1. The molecule has 3 rings (SSSR count). The van der Waals surface area contributed by atoms with Gasteiger partial charge in [0.15, 0.2) is 11.8 Å². The molecule has 1 saturated heterocycles. The first kappa shape index (κ1) is 15.5. The van der Waals surface area contributed by atoms with E-state index in [4.69, 9.17) is 9.47 Å². The van der Waals surface area contributed by atoms with Crippen molar-refractivity contribution >= 4 is 27.5 Å². The van der Waals surface area contributed by atoms with Crippen molar-refractivity contribution in [3.63, 3.8) is 0 Å². The molecule has 8 nitrogen and oxygen atoms in total. The highest BCUT2D eigenvalue weighted by molar-refractivity contribution is 7.92. The summed E-state index contributed by atoms with van der Waals surface area (Å²) in [6.07, 6.45) is 0. The smallest absolute Gasteiger partial charge is 0.355 e. The van der Waals surface area contributed by atoms with Crippen LogP contribution in [0.4, 0.5) is 0 Å². The van der Waals surface area contributed by atoms with Gasteiger partial charge in [-0.05, 0) is 19.1 Å². The summed E-state index contributed by atoms with van der Waals surface area (Å²) in [4.78, 5) is 23.9. The largest absolute Gasteiger partial charge is 0.461 e. The Bertz CT molecular complexity index is 774. The van der Waals surface area contributed by atoms with Gasteiger partial charge in [-0.3, -0.25) is 5.43 Å². The number of sulfone groups is 1. The number of fused-ring (bicyclic) bond motifs is 1. The molecule has 2 heterocycles. The van der Waals surface area contributed by atoms with E-state index in [0.717, 1.165) is 0 Å². The molecule has 3 atom stereocenters. The van der Waals surface area contributed by atoms with Crippen LogP contribution in [0.2, 0.25) is 0 Å². The highest BCUT2D eigenvalue weighted by Crippen LogP contribution is 2.34. The molecule has 0 spiro atoms. The summed E-state index contributed by atoms with van der Waals surface area (Å²) in [6.45, 7) is 1.73. The lowest BCUT2D eigenvalue weighted by Crippen LogP contribution is -2.39. The van der Waals surface area contributed by atoms with Crippen molar-refractivity contribution in [3.05, 3.63) is 30.3 Å². The standard InChI is InChI=1S/C14H14N2O6S/c1-2-21-12(17)10-9-11(16-15-10)13(18)22-14(9)23(19,20)8-6-4-3-5-7-8/h3-7,9,11,14,16H,2H2,1H3/t9-,11+,14+/m1/s1. The van der Waals surface area contributed by atoms with Gasteiger partial charge in [0.05, 0.1) is 17.4 Å². The molecular weight excluding hydrogens is 324 g/mol. The number of hydrogen-bond acceptors (Lipinski definition) is 8. The molecule has 1 aromatic carbocycles. The Kier molecular flexibility index (Phi) is 3.80. The maximum Gasteiger partial charge on any atom is 0.355 e. The summed E-state index contributed by atoms with van der Waals surface area (Å²) in [5, 5.41) is 3.77. The third kappa shape index (κ3) is 2.46. The Balaban J connectivity index is 1.98. The van der Waals surface area contributed by atoms with Crippen molar-refractivity contribution < 1.29 is 27.5 Å². The van der Waals surface area contributed by atoms with Gasteiger partial charge < -0.3 is 9.47 Å². The van der Waals surface area contributed by atoms with E-state index in [-0.39, 0.29) is 17.2 Å². The van der Waals surface area contributed by atoms with E-state index >= 15 is 0 Å². The summed E-state index contributed by atoms with van der Waals surface area (Å²) >= 11 is 0. The Labute approximate surface area is 132 Å². The number of hydrogen-bond donors (Lipinski definition) is 1. The van der Waals surface area contributed by atoms with Crippen LogP contribution < -0.4 is 5.43 Å². The molecule has 2 aliphatic heterocycles. The van der Waals surface area contributed by atoms with E-state index in [1.54, 1.807) is 25.1 Å². The Morgan fingerprint density at radius 2 is 2.04 bits per heavy atom. The van der Waals surface area contributed by atoms with E-state index in [1.165, 1.54) is 12.1 Å². The maximum absolute atomic E-state index is 12.7. The SMILES string of the molecule is CCOC(=O)C1=NN[C@@H]2C(=O)O[C@@H](S(=O)(=O)c3ccccc3)[C@H]12. The number of carbonyl (C=O) groups is 2. The average Bonchev–Trinajstić information content (AvgIpc) is 3.10. The van der Waals surface area contributed by atoms with Crippen LogP contribution in [0, 0.1) is 5.92 Å². The molecule has 0 aromatic heterocycles. The number of benzene rings is 1. The first-order valence-corrected chi connectivity index (χ1v) is 8.51. The van der Waals surface area contributed by atoms with Gasteiger partial charge in [0.25, 0.3) is 0 Å². The number of nitrogens with zero attached hydrogens (tertiary/aromatic N) is 1. The van der Waals surface area contributed by atoms with Crippen molar-refractivity contribution in [2.75, 3.05) is 6.61 Å². The van der Waals surface area contributed by atoms with Gasteiger partial charge in [-0.1, -0.05) is 18.2 Å². The van der Waals surface area contributed by atoms with Gasteiger partial charge in [0.1, 0.15) is 0 Å². The molecule has 2 aliphatic rings. The first-order valence-electron chi connectivity index (χ1n) is 6.96. The van der Waals surface area contributed by atoms with Gasteiger partial charge in [0.2, 0.25) is 15.3 Å². The fourth-order valence-corrected chi connectivity index (χ4v) is 4.28. The second kappa shape index (κ2) is 5.65. The van der Waals surface area contributed by atoms with Crippen LogP contribution in [0.1, 0.15) is 6.92 Å². The lowest BCUT2D eigenvalue weighted by molar-refractivity contribution is -0.141. The Morgan fingerprint density at radius 3 is 2.70 bits per heavy atom. The maximum atomic E-state index is 12.7. The highest BCUT2D eigenvalue weighted by Gasteiger charge is 2.58. The number of rotatable bonds is 4. The summed E-state index contributed by atoms with van der Waals surface area (Å²) in [5.41, 5.74) is 0.800. The fraction of sp³-hybridized carbons (Fsp3) is 0.357. The summed E-state index contributed by atoms with van der Waals surface area (Å²) in [6, 6.07) is 6.60. The van der Waals surface area contributed by atoms with Crippen molar-refractivity contribution in [2.24, 2.45) is 11.0 Å². The molecule has 1 fully saturated rings. The molecular formula is C14H14N2O6S. The van der Waals surface area contributed by atoms with Crippen LogP contribution in [-0.2, 0) is 28.9 Å². The van der Waals surface area contributed by atoms with Crippen LogP contribution in [0.3, 0.4) is 0 Å². The quantitative estimate of drug-likeness (QED) is 0.760. The van der Waals surface area contributed by atoms with Crippen LogP contribution in [0.25, 0.3) is 0 Å². The predicted octanol–water partition coefficient (Wildman–Crippen LogP) is -0.150. The van der Waals surface area contributed by atoms with Gasteiger partial charge in [-0.2, -0.15) is 5.10 Å². The minimum Gasteiger partial charge on any atom is -0.461 e. The molecule has 0 radical (unpaired) electrons. The van der Waals surface area contributed by atoms with Crippen molar-refractivity contribution in [1.82, 2.24) is 5.43 Å². The van der Waals surface area contributed by atoms with Crippen LogP contribution in [0.15, 0.2) is 40.3 Å². The topological polar surface area (TPSA) is 111 Å². The molecule has 1 aromatic rings. The van der Waals surface area contributed by atoms with Gasteiger partial charge >= 0.3 is 11.9 Å². The van der Waals surface area contributed by atoms with Gasteiger partial charge in [0, 0.05) is 0 Å². The first-order chi connectivity index (χ1) is 11.0. The molecule has 1 N–H and O–H groups in total. The van der Waals surface area contributed by atoms with E-state index in [0.29, 0.717) is 0 Å². The molecule has 0 amide bonds. The van der Waals surface area contributed by atoms with E-state index in [2.05, 4.69) is 10.5 Å². The van der Waals surface area contributed by atoms with Crippen LogP contribution in [-0.4, -0.2) is 44.2 Å². The van der Waals surface area contributed by atoms with Gasteiger partial charge in [-0.25, -0.2) is 18.0 Å². The van der Waals surface area contributed by atoms with Crippen molar-refractivity contribution in [3.8, 4) is 0 Å². The van der Waals surface area contributed by atoms with Crippen LogP contribution in [0.5, 0.6) is 0 Å². The molecule has 122 valence electrons. The average molecular weight is 338 g/mol. The fourth-order valence-electron chi connectivity index (χ4n) is 2.59. The summed E-state index contributed by atoms with van der Waals surface area (Å²) in [5.74, 6) is -2.56. The summed E-state index contributed by atoms with van der Waals surface area (Å²) < 4.78 is 35.4. The third-order valence-electron chi connectivity index (χ3n) is 3.64. The number of ether oxygens (including phenoxy) is 2. The minimum atomic E-state index is -3.98. The minimum absolute atomic E-state index is 0.00792. The van der Waals surface area contributed by atoms with E-state index < -0.39 is 39.2 Å². The molecule has 23 heavy (non-hydrogen) atoms. The van der Waals surface area contributed by atoms with Crippen LogP contribution >= 0.6 is 0 Å². The third-order valence-corrected chi connectivity index (χ3v) is 5.57. The predicted molar refractivity (Wildman–Crippen MR) is 78.0 cm³/mol. The number of cyclic esters (lactones) is 1. The second-order valence-electron chi connectivity index (χ2n) is 5.01. The van der Waals surface area contributed by atoms with E-state index in [1.807, 2.05) is 0 Å². The zero-order chi connectivity index (χ0) is 16.6. The Hall–Kier alpha value is -2.42. The zero-order valence-corrected chi connectivity index (χ0v) is 12.9. The monoisotopic (exact) mass is 338 g/mol. The number of nitrogens with one attached hydrogen (secondary N) is 1. The van der Waals surface area contributed by atoms with Crippen molar-refractivity contribution in [1.29, 1.82) is 0 Å². The Morgan fingerprint density at radius 1 is 1.35 bits per heavy atom. The number of esters is 2. The van der Waals surface area contributed by atoms with Gasteiger partial charge in [-0.15, -0.1) is 0 Å². The molecule has 0 saturated carbocycles. The lowest BCUT2D eigenvalue weighted by Gasteiger charge is -2.17. The second-order valence-corrected chi connectivity index (χ2v) is 7.04. The highest BCUT2D eigenvalue weighted by atomic mass is 32.2. The van der Waals surface area contributed by atoms with Crippen molar-refractivity contribution in [2.45, 2.75) is 23.3 Å². The van der Waals surface area contributed by atoms with E-state index in [9.17, 15) is 18.0 Å². The number of carbonyl (C=O) groups excluding carboxylic acids is 2. The molecule has 0 bridgehead atoms. The molecule has 0 aliphatic carbocycles. The summed E-state index contributed by atoms with van der Waals surface area (Å²) in [7, 11) is -3.98. The molecule has 9 heteroatoms. The number of hydrazone groups is 1. The normalized spacial score (nSPS) is 26.0. The lowest BCUT2D eigenvalue weighted by atomic mass is 9.99. The molecule has 0 unspecified atom stereocenters.